The Bertz CT molecular complexity index is 872. The zero-order valence-electron chi connectivity index (χ0n) is 15.1. The lowest BCUT2D eigenvalue weighted by molar-refractivity contribution is 0.1000. The molecule has 2 heterocycles. The summed E-state index contributed by atoms with van der Waals surface area (Å²) in [5.74, 6) is 0.341. The highest BCUT2D eigenvalue weighted by Crippen LogP contribution is 2.18. The van der Waals surface area contributed by atoms with Gasteiger partial charge >= 0.3 is 0 Å². The van der Waals surface area contributed by atoms with E-state index in [1.165, 1.54) is 49.9 Å². The molecule has 1 fully saturated rings. The topological polar surface area (TPSA) is 105 Å². The smallest absolute Gasteiger partial charge is 0.248 e. The maximum absolute atomic E-state index is 12.4. The number of carbonyl (C=O) groups is 1. The van der Waals surface area contributed by atoms with Gasteiger partial charge in [0.1, 0.15) is 5.82 Å². The molecule has 1 amide bonds. The summed E-state index contributed by atoms with van der Waals surface area (Å²) in [6, 6.07) is 9.36. The summed E-state index contributed by atoms with van der Waals surface area (Å²) in [7, 11) is -3.68. The van der Waals surface area contributed by atoms with E-state index in [-0.39, 0.29) is 17.0 Å². The van der Waals surface area contributed by atoms with Crippen molar-refractivity contribution in [3.63, 3.8) is 0 Å². The predicted octanol–water partition coefficient (Wildman–Crippen LogP) is 2.04. The van der Waals surface area contributed by atoms with E-state index in [4.69, 9.17) is 5.73 Å². The predicted molar refractivity (Wildman–Crippen MR) is 104 cm³/mol. The molecule has 0 spiro atoms. The van der Waals surface area contributed by atoms with Gasteiger partial charge in [0, 0.05) is 31.4 Å². The van der Waals surface area contributed by atoms with Crippen molar-refractivity contribution in [3.8, 4) is 0 Å². The number of nitrogens with zero attached hydrogens (tertiary/aromatic N) is 2. The molecule has 1 aromatic carbocycles. The van der Waals surface area contributed by atoms with Crippen LogP contribution in [-0.2, 0) is 16.6 Å². The first kappa shape index (κ1) is 19.3. The van der Waals surface area contributed by atoms with Gasteiger partial charge in [-0.05, 0) is 48.7 Å². The number of rotatable bonds is 6. The average molecular weight is 388 g/mol. The van der Waals surface area contributed by atoms with Crippen molar-refractivity contribution < 1.29 is 13.2 Å². The van der Waals surface area contributed by atoms with E-state index < -0.39 is 15.9 Å². The Morgan fingerprint density at radius 2 is 1.70 bits per heavy atom. The van der Waals surface area contributed by atoms with Crippen LogP contribution in [0.2, 0.25) is 0 Å². The Labute approximate surface area is 159 Å². The number of benzene rings is 1. The first-order valence-corrected chi connectivity index (χ1v) is 10.5. The second-order valence-corrected chi connectivity index (χ2v) is 8.41. The number of carbonyl (C=O) groups excluding carboxylic acids is 1. The Hall–Kier alpha value is -2.45. The van der Waals surface area contributed by atoms with E-state index in [0.29, 0.717) is 0 Å². The standard InChI is InChI=1S/C19H24N4O3S/c20-19(24)16-6-8-17(9-7-16)27(25,26)22-14-15-5-10-18(21-13-15)23-11-3-1-2-4-12-23/h5-10,13,22H,1-4,11-12,14H2,(H2,20,24). The minimum absolute atomic E-state index is 0.0849. The van der Waals surface area contributed by atoms with E-state index in [0.717, 1.165) is 24.5 Å². The molecule has 0 aliphatic carbocycles. The van der Waals surface area contributed by atoms with Crippen molar-refractivity contribution in [1.29, 1.82) is 0 Å². The summed E-state index contributed by atoms with van der Waals surface area (Å²) in [4.78, 5) is 17.9. The van der Waals surface area contributed by atoms with Gasteiger partial charge in [-0.15, -0.1) is 0 Å². The van der Waals surface area contributed by atoms with Crippen LogP contribution in [0.3, 0.4) is 0 Å². The normalized spacial score (nSPS) is 15.3. The van der Waals surface area contributed by atoms with Gasteiger partial charge in [0.05, 0.1) is 4.90 Å². The van der Waals surface area contributed by atoms with Crippen LogP contribution in [0.1, 0.15) is 41.6 Å². The highest BCUT2D eigenvalue weighted by molar-refractivity contribution is 7.89. The number of nitrogens with one attached hydrogen (secondary N) is 1. The van der Waals surface area contributed by atoms with E-state index in [2.05, 4.69) is 14.6 Å². The van der Waals surface area contributed by atoms with Crippen molar-refractivity contribution in [2.75, 3.05) is 18.0 Å². The number of pyridine rings is 1. The average Bonchev–Trinajstić information content (AvgIpc) is 2.96. The van der Waals surface area contributed by atoms with Gasteiger partial charge in [-0.1, -0.05) is 18.9 Å². The van der Waals surface area contributed by atoms with Gasteiger partial charge in [-0.25, -0.2) is 18.1 Å². The molecule has 1 aliphatic heterocycles. The second-order valence-electron chi connectivity index (χ2n) is 6.64. The molecule has 1 aromatic heterocycles. The van der Waals surface area contributed by atoms with E-state index in [9.17, 15) is 13.2 Å². The monoisotopic (exact) mass is 388 g/mol. The molecule has 0 atom stereocenters. The Morgan fingerprint density at radius 1 is 1.04 bits per heavy atom. The fourth-order valence-electron chi connectivity index (χ4n) is 3.07. The number of hydrogen-bond donors (Lipinski definition) is 2. The molecule has 0 bridgehead atoms. The summed E-state index contributed by atoms with van der Waals surface area (Å²) in [5, 5.41) is 0. The minimum Gasteiger partial charge on any atom is -0.366 e. The van der Waals surface area contributed by atoms with Crippen LogP contribution in [0, 0.1) is 0 Å². The summed E-state index contributed by atoms with van der Waals surface area (Å²) in [6.45, 7) is 2.17. The number of nitrogens with two attached hydrogens (primary N) is 1. The van der Waals surface area contributed by atoms with Crippen LogP contribution in [0.5, 0.6) is 0 Å². The maximum Gasteiger partial charge on any atom is 0.248 e. The van der Waals surface area contributed by atoms with Gasteiger partial charge in [0.2, 0.25) is 15.9 Å². The van der Waals surface area contributed by atoms with Crippen molar-refractivity contribution in [1.82, 2.24) is 9.71 Å². The molecule has 2 aromatic rings. The number of sulfonamides is 1. The lowest BCUT2D eigenvalue weighted by atomic mass is 10.2. The second kappa shape index (κ2) is 8.49. The van der Waals surface area contributed by atoms with Crippen molar-refractivity contribution in [2.45, 2.75) is 37.1 Å². The molecule has 3 N–H and O–H groups in total. The molecular weight excluding hydrogens is 364 g/mol. The fourth-order valence-corrected chi connectivity index (χ4v) is 4.09. The van der Waals surface area contributed by atoms with Gasteiger partial charge < -0.3 is 10.6 Å². The van der Waals surface area contributed by atoms with Crippen LogP contribution in [-0.4, -0.2) is 32.4 Å². The number of aromatic nitrogens is 1. The highest BCUT2D eigenvalue weighted by Gasteiger charge is 2.15. The van der Waals surface area contributed by atoms with Gasteiger partial charge in [0.15, 0.2) is 0 Å². The van der Waals surface area contributed by atoms with Crippen molar-refractivity contribution in [2.24, 2.45) is 5.73 Å². The quantitative estimate of drug-likeness (QED) is 0.788. The molecule has 1 saturated heterocycles. The van der Waals surface area contributed by atoms with E-state index in [1.54, 1.807) is 6.20 Å². The molecule has 27 heavy (non-hydrogen) atoms. The molecule has 1 aliphatic rings. The molecule has 8 heteroatoms. The van der Waals surface area contributed by atoms with Crippen LogP contribution in [0.15, 0.2) is 47.5 Å². The largest absolute Gasteiger partial charge is 0.366 e. The Kier molecular flexibility index (Phi) is 6.08. The van der Waals surface area contributed by atoms with Gasteiger partial charge in [-0.3, -0.25) is 4.79 Å². The third kappa shape index (κ3) is 5.05. The third-order valence-corrected chi connectivity index (χ3v) is 6.07. The first-order chi connectivity index (χ1) is 13.0. The summed E-state index contributed by atoms with van der Waals surface area (Å²) in [6.07, 6.45) is 6.59. The molecular formula is C19H24N4O3S. The maximum atomic E-state index is 12.4. The molecule has 0 radical (unpaired) electrons. The number of amides is 1. The number of hydrogen-bond acceptors (Lipinski definition) is 5. The van der Waals surface area contributed by atoms with Gasteiger partial charge in [0.25, 0.3) is 0 Å². The summed E-state index contributed by atoms with van der Waals surface area (Å²) >= 11 is 0. The van der Waals surface area contributed by atoms with Crippen LogP contribution in [0.4, 0.5) is 5.82 Å². The SMILES string of the molecule is NC(=O)c1ccc(S(=O)(=O)NCc2ccc(N3CCCCCC3)nc2)cc1. The Balaban J connectivity index is 1.62. The minimum atomic E-state index is -3.68. The Morgan fingerprint density at radius 3 is 2.26 bits per heavy atom. The van der Waals surface area contributed by atoms with Gasteiger partial charge in [-0.2, -0.15) is 0 Å². The number of anilines is 1. The lowest BCUT2D eigenvalue weighted by Gasteiger charge is -2.21. The summed E-state index contributed by atoms with van der Waals surface area (Å²) < 4.78 is 27.3. The van der Waals surface area contributed by atoms with Crippen molar-refractivity contribution in [3.05, 3.63) is 53.7 Å². The van der Waals surface area contributed by atoms with E-state index >= 15 is 0 Å². The van der Waals surface area contributed by atoms with Crippen molar-refractivity contribution >= 4 is 21.7 Å². The summed E-state index contributed by atoms with van der Waals surface area (Å²) in [5.41, 5.74) is 6.22. The van der Waals surface area contributed by atoms with Crippen LogP contribution in [0.25, 0.3) is 0 Å². The highest BCUT2D eigenvalue weighted by atomic mass is 32.2. The van der Waals surface area contributed by atoms with Crippen LogP contribution < -0.4 is 15.4 Å². The molecule has 0 saturated carbocycles. The fraction of sp³-hybridized carbons (Fsp3) is 0.368. The third-order valence-electron chi connectivity index (χ3n) is 4.65. The zero-order chi connectivity index (χ0) is 19.3. The number of primary amides is 1. The van der Waals surface area contributed by atoms with E-state index in [1.807, 2.05) is 12.1 Å². The molecule has 3 rings (SSSR count). The molecule has 144 valence electrons. The zero-order valence-corrected chi connectivity index (χ0v) is 15.9. The molecule has 0 unspecified atom stereocenters. The lowest BCUT2D eigenvalue weighted by Crippen LogP contribution is -2.25. The first-order valence-electron chi connectivity index (χ1n) is 9.05. The molecule has 7 nitrogen and oxygen atoms in total. The van der Waals surface area contributed by atoms with Crippen LogP contribution >= 0.6 is 0 Å².